The van der Waals surface area contributed by atoms with Crippen molar-refractivity contribution in [1.29, 1.82) is 0 Å². The number of hydrogen-bond donors (Lipinski definition) is 2. The summed E-state index contributed by atoms with van der Waals surface area (Å²) in [5.41, 5.74) is 1.86. The van der Waals surface area contributed by atoms with Crippen LogP contribution >= 0.6 is 11.8 Å². The molecule has 0 bridgehead atoms. The van der Waals surface area contributed by atoms with Crippen molar-refractivity contribution in [1.82, 2.24) is 15.3 Å². The Morgan fingerprint density at radius 1 is 1.17 bits per heavy atom. The molecule has 0 saturated carbocycles. The van der Waals surface area contributed by atoms with Crippen molar-refractivity contribution in [3.63, 3.8) is 0 Å². The highest BCUT2D eigenvalue weighted by atomic mass is 32.2. The molecule has 4 nitrogen and oxygen atoms in total. The van der Waals surface area contributed by atoms with Crippen LogP contribution in [0.15, 0.2) is 47.4 Å². The molecule has 0 unspecified atom stereocenters. The van der Waals surface area contributed by atoms with Crippen LogP contribution in [0.2, 0.25) is 0 Å². The number of benzene rings is 2. The third kappa shape index (κ3) is 4.11. The lowest BCUT2D eigenvalue weighted by molar-refractivity contribution is -0.118. The average molecular weight is 347 g/mol. The molecule has 1 heterocycles. The molecule has 3 aromatic rings. The van der Waals surface area contributed by atoms with Crippen LogP contribution in [-0.2, 0) is 11.2 Å². The van der Waals surface area contributed by atoms with Crippen LogP contribution in [-0.4, -0.2) is 28.2 Å². The Morgan fingerprint density at radius 2 is 2.00 bits per heavy atom. The van der Waals surface area contributed by atoms with E-state index in [1.54, 1.807) is 0 Å². The highest BCUT2D eigenvalue weighted by molar-refractivity contribution is 8.00. The van der Waals surface area contributed by atoms with Crippen LogP contribution in [0.5, 0.6) is 0 Å². The maximum Gasteiger partial charge on any atom is 0.230 e. The molecule has 2 aromatic carbocycles. The number of aromatic amines is 1. The van der Waals surface area contributed by atoms with Gasteiger partial charge >= 0.3 is 0 Å². The second kappa shape index (κ2) is 7.44. The average Bonchev–Trinajstić information content (AvgIpc) is 2.98. The minimum Gasteiger partial charge on any atom is -0.355 e. The van der Waals surface area contributed by atoms with E-state index in [4.69, 9.17) is 0 Å². The number of imidazole rings is 1. The van der Waals surface area contributed by atoms with Crippen molar-refractivity contribution in [3.05, 3.63) is 59.9 Å². The quantitative estimate of drug-likeness (QED) is 0.673. The van der Waals surface area contributed by atoms with Crippen LogP contribution < -0.4 is 5.32 Å². The Labute approximate surface area is 141 Å². The maximum absolute atomic E-state index is 13.1. The summed E-state index contributed by atoms with van der Waals surface area (Å²) in [6, 6.07) is 11.3. The van der Waals surface area contributed by atoms with Crippen molar-refractivity contribution in [2.75, 3.05) is 12.3 Å². The molecule has 0 radical (unpaired) electrons. The Hall–Kier alpha value is -2.41. The molecule has 2 N–H and O–H groups in total. The first-order valence-corrected chi connectivity index (χ1v) is 8.38. The largest absolute Gasteiger partial charge is 0.355 e. The number of halogens is 2. The number of fused-ring (bicyclic) bond motifs is 1. The lowest BCUT2D eigenvalue weighted by Gasteiger charge is -2.04. The molecule has 3 rings (SSSR count). The summed E-state index contributed by atoms with van der Waals surface area (Å²) in [5, 5.41) is 2.78. The van der Waals surface area contributed by atoms with Crippen molar-refractivity contribution in [2.24, 2.45) is 0 Å². The van der Waals surface area contributed by atoms with Crippen LogP contribution in [0.3, 0.4) is 0 Å². The zero-order valence-corrected chi connectivity index (χ0v) is 13.5. The molecule has 0 saturated heterocycles. The minimum absolute atomic E-state index is 0.144. The second-order valence-electron chi connectivity index (χ2n) is 5.17. The summed E-state index contributed by atoms with van der Waals surface area (Å²) in [6.07, 6.45) is 0.594. The van der Waals surface area contributed by atoms with Crippen LogP contribution in [0.4, 0.5) is 8.78 Å². The molecule has 24 heavy (non-hydrogen) atoms. The van der Waals surface area contributed by atoms with Gasteiger partial charge in [-0.25, -0.2) is 13.8 Å². The molecule has 0 atom stereocenters. The van der Waals surface area contributed by atoms with E-state index in [0.29, 0.717) is 17.9 Å². The number of amides is 1. The van der Waals surface area contributed by atoms with Gasteiger partial charge in [-0.1, -0.05) is 12.1 Å². The van der Waals surface area contributed by atoms with Crippen LogP contribution in [0.1, 0.15) is 5.82 Å². The van der Waals surface area contributed by atoms with E-state index in [-0.39, 0.29) is 11.7 Å². The third-order valence-corrected chi connectivity index (χ3v) is 4.38. The van der Waals surface area contributed by atoms with Gasteiger partial charge in [0.05, 0.1) is 16.8 Å². The number of carbonyl (C=O) groups excluding carboxylic acids is 1. The van der Waals surface area contributed by atoms with Gasteiger partial charge in [0.15, 0.2) is 11.6 Å². The summed E-state index contributed by atoms with van der Waals surface area (Å²) in [4.78, 5) is 19.9. The third-order valence-electron chi connectivity index (χ3n) is 3.38. The normalized spacial score (nSPS) is 10.9. The molecule has 0 fully saturated rings. The molecule has 0 aliphatic carbocycles. The molecule has 0 spiro atoms. The smallest absolute Gasteiger partial charge is 0.230 e. The summed E-state index contributed by atoms with van der Waals surface area (Å²) >= 11 is 1.16. The maximum atomic E-state index is 13.1. The fraction of sp³-hybridized carbons (Fsp3) is 0.176. The number of para-hydroxylation sites is 2. The van der Waals surface area contributed by atoms with Gasteiger partial charge in [0.1, 0.15) is 5.82 Å². The minimum atomic E-state index is -0.912. The SMILES string of the molecule is O=C(CSc1ccc(F)c(F)c1)NCCc1nc2ccccc2[nH]1. The van der Waals surface area contributed by atoms with Crippen LogP contribution in [0, 0.1) is 11.6 Å². The lowest BCUT2D eigenvalue weighted by Crippen LogP contribution is -2.27. The van der Waals surface area contributed by atoms with E-state index >= 15 is 0 Å². The van der Waals surface area contributed by atoms with Crippen molar-refractivity contribution in [2.45, 2.75) is 11.3 Å². The number of hydrogen-bond acceptors (Lipinski definition) is 3. The first-order chi connectivity index (χ1) is 11.6. The van der Waals surface area contributed by atoms with E-state index in [1.165, 1.54) is 6.07 Å². The lowest BCUT2D eigenvalue weighted by atomic mass is 10.3. The molecule has 0 aliphatic rings. The second-order valence-corrected chi connectivity index (χ2v) is 6.21. The van der Waals surface area contributed by atoms with Gasteiger partial charge in [0.2, 0.25) is 5.91 Å². The Morgan fingerprint density at radius 3 is 2.79 bits per heavy atom. The topological polar surface area (TPSA) is 57.8 Å². The van der Waals surface area contributed by atoms with E-state index in [9.17, 15) is 13.6 Å². The number of carbonyl (C=O) groups is 1. The predicted octanol–water partition coefficient (Wildman–Crippen LogP) is 3.29. The fourth-order valence-electron chi connectivity index (χ4n) is 2.21. The van der Waals surface area contributed by atoms with Gasteiger partial charge in [0.25, 0.3) is 0 Å². The molecule has 1 aromatic heterocycles. The number of nitrogens with zero attached hydrogens (tertiary/aromatic N) is 1. The van der Waals surface area contributed by atoms with E-state index in [1.807, 2.05) is 24.3 Å². The highest BCUT2D eigenvalue weighted by Gasteiger charge is 2.07. The van der Waals surface area contributed by atoms with E-state index in [0.717, 1.165) is 40.8 Å². The number of aromatic nitrogens is 2. The Bertz CT molecular complexity index is 833. The van der Waals surface area contributed by atoms with Crippen molar-refractivity contribution >= 4 is 28.7 Å². The van der Waals surface area contributed by atoms with Crippen LogP contribution in [0.25, 0.3) is 11.0 Å². The number of rotatable bonds is 6. The first-order valence-electron chi connectivity index (χ1n) is 7.40. The molecular formula is C17H15F2N3OS. The van der Waals surface area contributed by atoms with Crippen molar-refractivity contribution in [3.8, 4) is 0 Å². The van der Waals surface area contributed by atoms with Gasteiger partial charge in [-0.05, 0) is 30.3 Å². The first kappa shape index (κ1) is 16.4. The fourth-order valence-corrected chi connectivity index (χ4v) is 2.96. The Balaban J connectivity index is 1.44. The van der Waals surface area contributed by atoms with Gasteiger partial charge in [-0.15, -0.1) is 11.8 Å². The van der Waals surface area contributed by atoms with Crippen molar-refractivity contribution < 1.29 is 13.6 Å². The monoisotopic (exact) mass is 347 g/mol. The highest BCUT2D eigenvalue weighted by Crippen LogP contribution is 2.20. The molecule has 1 amide bonds. The summed E-state index contributed by atoms with van der Waals surface area (Å²) in [5.74, 6) is -1.02. The zero-order valence-electron chi connectivity index (χ0n) is 12.7. The van der Waals surface area contributed by atoms with E-state index < -0.39 is 11.6 Å². The standard InChI is InChI=1S/C17H15F2N3OS/c18-12-6-5-11(9-13(12)19)24-10-17(23)20-8-7-16-21-14-3-1-2-4-15(14)22-16/h1-6,9H,7-8,10H2,(H,20,23)(H,21,22). The summed E-state index contributed by atoms with van der Waals surface area (Å²) in [7, 11) is 0. The van der Waals surface area contributed by atoms with Gasteiger partial charge in [-0.3, -0.25) is 4.79 Å². The number of H-pyrrole nitrogens is 1. The zero-order chi connectivity index (χ0) is 16.9. The van der Waals surface area contributed by atoms with E-state index in [2.05, 4.69) is 15.3 Å². The molecule has 0 aliphatic heterocycles. The summed E-state index contributed by atoms with van der Waals surface area (Å²) in [6.45, 7) is 0.455. The molecular weight excluding hydrogens is 332 g/mol. The molecule has 7 heteroatoms. The number of nitrogens with one attached hydrogen (secondary N) is 2. The summed E-state index contributed by atoms with van der Waals surface area (Å²) < 4.78 is 25.9. The Kier molecular flexibility index (Phi) is 5.10. The van der Waals surface area contributed by atoms with Gasteiger partial charge in [0, 0.05) is 17.9 Å². The van der Waals surface area contributed by atoms with Gasteiger partial charge in [-0.2, -0.15) is 0 Å². The van der Waals surface area contributed by atoms with Gasteiger partial charge < -0.3 is 10.3 Å². The number of thioether (sulfide) groups is 1. The molecule has 124 valence electrons. The predicted molar refractivity (Wildman–Crippen MR) is 89.9 cm³/mol.